The number of pyridine rings is 2. The van der Waals surface area contributed by atoms with Crippen molar-refractivity contribution in [3.63, 3.8) is 0 Å². The predicted molar refractivity (Wildman–Crippen MR) is 208 cm³/mol. The van der Waals surface area contributed by atoms with Crippen LogP contribution in [0.25, 0.3) is 11.0 Å². The Morgan fingerprint density at radius 2 is 1.84 bits per heavy atom. The van der Waals surface area contributed by atoms with Crippen molar-refractivity contribution in [3.8, 4) is 11.8 Å². The van der Waals surface area contributed by atoms with Crippen LogP contribution in [0.4, 0.5) is 20.6 Å². The van der Waals surface area contributed by atoms with Crippen molar-refractivity contribution in [2.24, 2.45) is 7.05 Å². The summed E-state index contributed by atoms with van der Waals surface area (Å²) in [6, 6.07) is 16.6. The number of amides is 4. The molecule has 1 fully saturated rings. The van der Waals surface area contributed by atoms with E-state index in [9.17, 15) is 28.7 Å². The highest BCUT2D eigenvalue weighted by Gasteiger charge is 2.31. The molecule has 4 heterocycles. The number of rotatable bonds is 14. The summed E-state index contributed by atoms with van der Waals surface area (Å²) in [4.78, 5) is 59.8. The molecule has 14 nitrogen and oxygen atoms in total. The molecule has 0 bridgehead atoms. The number of aliphatic hydroxyl groups is 1. The van der Waals surface area contributed by atoms with E-state index in [1.54, 1.807) is 23.7 Å². The minimum atomic E-state index is -0.781. The average molecular weight is 763 g/mol. The molecule has 5 aromatic rings. The lowest BCUT2D eigenvalue weighted by atomic mass is 10.0. The lowest BCUT2D eigenvalue weighted by Crippen LogP contribution is -2.44. The van der Waals surface area contributed by atoms with E-state index in [1.165, 1.54) is 10.8 Å². The average Bonchev–Trinajstić information content (AvgIpc) is 3.43. The predicted octanol–water partition coefficient (Wildman–Crippen LogP) is 4.25. The van der Waals surface area contributed by atoms with Gasteiger partial charge in [-0.3, -0.25) is 24.0 Å². The van der Waals surface area contributed by atoms with Crippen LogP contribution in [-0.2, 0) is 40.9 Å². The van der Waals surface area contributed by atoms with Gasteiger partial charge in [-0.15, -0.1) is 0 Å². The van der Waals surface area contributed by atoms with Crippen molar-refractivity contribution >= 4 is 40.3 Å². The quantitative estimate of drug-likeness (QED) is 0.0559. The molecule has 1 aliphatic heterocycles. The molecule has 1 atom stereocenters. The number of anilines is 2. The highest BCUT2D eigenvalue weighted by Crippen LogP contribution is 2.26. The Kier molecular flexibility index (Phi) is 13.0. The molecule has 0 saturated carbocycles. The number of carbonyl (C=O) groups excluding carboxylic acids is 3. The van der Waals surface area contributed by atoms with Gasteiger partial charge < -0.3 is 25.4 Å². The van der Waals surface area contributed by atoms with E-state index in [4.69, 9.17) is 4.74 Å². The summed E-state index contributed by atoms with van der Waals surface area (Å²) in [6.07, 6.45) is 5.54. The van der Waals surface area contributed by atoms with Gasteiger partial charge in [-0.25, -0.2) is 19.6 Å². The Hall–Kier alpha value is -6.21. The van der Waals surface area contributed by atoms with Crippen LogP contribution in [0.3, 0.4) is 0 Å². The molecular weight excluding hydrogens is 719 g/mol. The van der Waals surface area contributed by atoms with Gasteiger partial charge in [0.05, 0.1) is 23.3 Å². The minimum absolute atomic E-state index is 0.115. The fourth-order valence-corrected chi connectivity index (χ4v) is 6.64. The normalized spacial score (nSPS) is 14.1. The van der Waals surface area contributed by atoms with Gasteiger partial charge in [-0.05, 0) is 80.1 Å². The van der Waals surface area contributed by atoms with E-state index in [1.807, 2.05) is 42.5 Å². The molecule has 6 rings (SSSR count). The Bertz CT molecular complexity index is 2350. The summed E-state index contributed by atoms with van der Waals surface area (Å²) in [5.74, 6) is 4.57. The second-order valence-corrected chi connectivity index (χ2v) is 13.5. The van der Waals surface area contributed by atoms with Crippen LogP contribution in [0.5, 0.6) is 0 Å². The molecule has 4 N–H and O–H groups in total. The van der Waals surface area contributed by atoms with Crippen molar-refractivity contribution in [1.29, 1.82) is 0 Å². The number of hydrogen-bond donors (Lipinski definition) is 4. The van der Waals surface area contributed by atoms with E-state index in [0.29, 0.717) is 43.0 Å². The summed E-state index contributed by atoms with van der Waals surface area (Å²) < 4.78 is 22.6. The fourth-order valence-electron chi connectivity index (χ4n) is 6.64. The number of imidazole rings is 1. The van der Waals surface area contributed by atoms with Crippen LogP contribution in [-0.4, -0.2) is 73.8 Å². The number of piperidine rings is 1. The maximum absolute atomic E-state index is 13.5. The van der Waals surface area contributed by atoms with Crippen molar-refractivity contribution < 1.29 is 28.6 Å². The number of nitrogens with zero attached hydrogens (tertiary/aromatic N) is 5. The Labute approximate surface area is 322 Å². The van der Waals surface area contributed by atoms with Crippen LogP contribution in [0.2, 0.25) is 0 Å². The molecular formula is C41H43FN8O6. The Balaban J connectivity index is 0.912. The van der Waals surface area contributed by atoms with Crippen molar-refractivity contribution in [2.45, 2.75) is 51.3 Å². The summed E-state index contributed by atoms with van der Waals surface area (Å²) in [5.41, 5.74) is 5.46. The van der Waals surface area contributed by atoms with Crippen molar-refractivity contribution in [1.82, 2.24) is 29.3 Å². The second kappa shape index (κ2) is 18.4. The first-order valence-electron chi connectivity index (χ1n) is 18.3. The number of carbonyl (C=O) groups is 3. The number of aryl methyl sites for hydroxylation is 2. The Morgan fingerprint density at radius 3 is 2.62 bits per heavy atom. The highest BCUT2D eigenvalue weighted by atomic mass is 19.1. The van der Waals surface area contributed by atoms with Crippen LogP contribution in [0.15, 0.2) is 77.9 Å². The number of ether oxygens (including phenoxy) is 1. The smallest absolute Gasteiger partial charge is 0.329 e. The molecule has 3 aromatic heterocycles. The molecule has 1 saturated heterocycles. The topological polar surface area (TPSA) is 173 Å². The van der Waals surface area contributed by atoms with Crippen LogP contribution in [0, 0.1) is 17.8 Å². The molecule has 290 valence electrons. The summed E-state index contributed by atoms with van der Waals surface area (Å²) >= 11 is 0. The highest BCUT2D eigenvalue weighted by molar-refractivity contribution is 6.01. The molecule has 56 heavy (non-hydrogen) atoms. The van der Waals surface area contributed by atoms with Gasteiger partial charge in [0, 0.05) is 75.0 Å². The summed E-state index contributed by atoms with van der Waals surface area (Å²) in [7, 11) is 3.78. The standard InChI is InChI=1S/C41H43FN8O6/c1-48(19-5-21-56-20-4-7-29-6-3-8-34-38(29)49(2)41(55)50(34)35-15-16-37(52)47-39(35)53)25-28-11-9-27(10-12-28)13-14-31-22-32(17-18-43-31)45-40(54)46-33-23-36(42)44-24-30(33)26-51/h3,6,8-12,17-18,22-24,35,51H,4-5,7,15-16,19-21,25-26H2,1-2H3,(H,47,52,53)(H2,43,44,45,46,54). The van der Waals surface area contributed by atoms with Gasteiger partial charge in [-0.2, -0.15) is 4.39 Å². The molecule has 1 unspecified atom stereocenters. The van der Waals surface area contributed by atoms with Gasteiger partial charge in [0.15, 0.2) is 0 Å². The SMILES string of the molecule is CN(CCCOCCCc1cccc2c1n(C)c(=O)n2C1CCC(=O)NC1=O)Cc1ccc(C#Cc2cc(NC(=O)Nc3cc(F)ncc3CO)ccn2)cc1. The van der Waals surface area contributed by atoms with Gasteiger partial charge in [0.25, 0.3) is 0 Å². The molecule has 2 aromatic carbocycles. The molecule has 1 aliphatic rings. The number of halogens is 1. The number of fused-ring (bicyclic) bond motifs is 1. The monoisotopic (exact) mass is 762 g/mol. The lowest BCUT2D eigenvalue weighted by molar-refractivity contribution is -0.135. The summed E-state index contributed by atoms with van der Waals surface area (Å²) in [6.45, 7) is 2.41. The van der Waals surface area contributed by atoms with Gasteiger partial charge in [-0.1, -0.05) is 30.2 Å². The van der Waals surface area contributed by atoms with Crippen molar-refractivity contribution in [2.75, 3.05) is 37.4 Å². The zero-order chi connectivity index (χ0) is 39.6. The maximum atomic E-state index is 13.5. The number of para-hydroxylation sites is 1. The Morgan fingerprint density at radius 1 is 1.04 bits per heavy atom. The third-order valence-electron chi connectivity index (χ3n) is 9.40. The second-order valence-electron chi connectivity index (χ2n) is 13.5. The van der Waals surface area contributed by atoms with E-state index < -0.39 is 30.5 Å². The zero-order valence-corrected chi connectivity index (χ0v) is 31.2. The van der Waals surface area contributed by atoms with Crippen LogP contribution >= 0.6 is 0 Å². The minimum Gasteiger partial charge on any atom is -0.392 e. The van der Waals surface area contributed by atoms with E-state index >= 15 is 0 Å². The first-order valence-corrected chi connectivity index (χ1v) is 18.3. The van der Waals surface area contributed by atoms with E-state index in [2.05, 4.69) is 49.7 Å². The van der Waals surface area contributed by atoms with Gasteiger partial charge >= 0.3 is 11.7 Å². The number of urea groups is 1. The number of nitrogens with one attached hydrogen (secondary N) is 3. The number of aromatic nitrogens is 4. The maximum Gasteiger partial charge on any atom is 0.329 e. The first-order chi connectivity index (χ1) is 27.1. The molecule has 4 amide bonds. The number of hydrogen-bond acceptors (Lipinski definition) is 9. The third kappa shape index (κ3) is 9.90. The largest absolute Gasteiger partial charge is 0.392 e. The van der Waals surface area contributed by atoms with Gasteiger partial charge in [0.2, 0.25) is 17.8 Å². The lowest BCUT2D eigenvalue weighted by Gasteiger charge is -2.22. The number of aliphatic hydroxyl groups excluding tert-OH is 1. The molecule has 0 radical (unpaired) electrons. The number of imide groups is 1. The van der Waals surface area contributed by atoms with Crippen LogP contribution < -0.4 is 21.6 Å². The first kappa shape index (κ1) is 39.5. The third-order valence-corrected chi connectivity index (χ3v) is 9.40. The van der Waals surface area contributed by atoms with E-state index in [-0.39, 0.29) is 29.3 Å². The molecule has 0 aliphatic carbocycles. The van der Waals surface area contributed by atoms with E-state index in [0.717, 1.165) is 60.4 Å². The zero-order valence-electron chi connectivity index (χ0n) is 31.2. The number of benzene rings is 2. The molecule has 0 spiro atoms. The summed E-state index contributed by atoms with van der Waals surface area (Å²) in [5, 5.41) is 16.9. The molecule has 15 heteroatoms. The van der Waals surface area contributed by atoms with Crippen LogP contribution in [0.1, 0.15) is 59.7 Å². The van der Waals surface area contributed by atoms with Crippen molar-refractivity contribution in [3.05, 3.63) is 117 Å². The fraction of sp³-hybridized carbons (Fsp3) is 0.317. The van der Waals surface area contributed by atoms with Gasteiger partial charge in [0.1, 0.15) is 11.7 Å².